The van der Waals surface area contributed by atoms with Crippen LogP contribution in [0.3, 0.4) is 0 Å². The maximum atomic E-state index is 10.0. The van der Waals surface area contributed by atoms with Crippen LogP contribution in [0.1, 0.15) is 48.8 Å². The summed E-state index contributed by atoms with van der Waals surface area (Å²) < 4.78 is 0. The van der Waals surface area contributed by atoms with E-state index in [1.54, 1.807) is 11.8 Å². The summed E-state index contributed by atoms with van der Waals surface area (Å²) in [7, 11) is 0. The second-order valence-corrected chi connectivity index (χ2v) is 5.58. The van der Waals surface area contributed by atoms with Gasteiger partial charge in [0.1, 0.15) is 0 Å². The Labute approximate surface area is 102 Å². The third-order valence-electron chi connectivity index (χ3n) is 3.47. The first-order chi connectivity index (χ1) is 7.81. The Morgan fingerprint density at radius 1 is 1.44 bits per heavy atom. The molecule has 1 unspecified atom stereocenters. The molecule has 0 radical (unpaired) electrons. The van der Waals surface area contributed by atoms with Crippen LogP contribution in [0.2, 0.25) is 0 Å². The lowest BCUT2D eigenvalue weighted by Crippen LogP contribution is -2.09. The molecule has 88 valence electrons. The second-order valence-electron chi connectivity index (χ2n) is 4.60. The smallest absolute Gasteiger partial charge is 0.0798 e. The molecule has 1 aliphatic rings. The number of rotatable bonds is 5. The van der Waals surface area contributed by atoms with Crippen molar-refractivity contribution in [1.29, 1.82) is 0 Å². The topological polar surface area (TPSA) is 20.2 Å². The summed E-state index contributed by atoms with van der Waals surface area (Å²) in [6, 6.07) is 8.54. The normalized spacial score (nSPS) is 18.1. The number of thioether (sulfide) groups is 1. The first-order valence-corrected chi connectivity index (χ1v) is 7.47. The molecule has 0 aliphatic heterocycles. The summed E-state index contributed by atoms with van der Waals surface area (Å²) in [6.07, 6.45) is 6.67. The van der Waals surface area contributed by atoms with Crippen LogP contribution < -0.4 is 0 Å². The fourth-order valence-corrected chi connectivity index (χ4v) is 2.62. The van der Waals surface area contributed by atoms with Gasteiger partial charge in [-0.15, -0.1) is 0 Å². The highest BCUT2D eigenvalue weighted by atomic mass is 32.2. The van der Waals surface area contributed by atoms with E-state index in [-0.39, 0.29) is 6.10 Å². The van der Waals surface area contributed by atoms with Gasteiger partial charge in [0, 0.05) is 0 Å². The number of hydrogen-bond acceptors (Lipinski definition) is 2. The van der Waals surface area contributed by atoms with E-state index in [9.17, 15) is 5.11 Å². The zero-order valence-electron chi connectivity index (χ0n) is 9.86. The molecule has 0 heterocycles. The number of aliphatic hydroxyl groups excluding tert-OH is 1. The van der Waals surface area contributed by atoms with E-state index >= 15 is 0 Å². The maximum absolute atomic E-state index is 10.0. The molecule has 1 nitrogen and oxygen atoms in total. The van der Waals surface area contributed by atoms with Crippen molar-refractivity contribution in [3.63, 3.8) is 0 Å². The molecule has 1 N–H and O–H groups in total. The van der Waals surface area contributed by atoms with Crippen molar-refractivity contribution >= 4 is 11.8 Å². The first kappa shape index (κ1) is 12.0. The molecule has 1 aromatic carbocycles. The largest absolute Gasteiger partial charge is 0.388 e. The third kappa shape index (κ3) is 2.80. The zero-order chi connectivity index (χ0) is 11.4. The summed E-state index contributed by atoms with van der Waals surface area (Å²) in [6.45, 7) is 0. The molecule has 1 saturated carbocycles. The number of benzene rings is 1. The molecule has 2 rings (SSSR count). The van der Waals surface area contributed by atoms with E-state index in [2.05, 4.69) is 24.5 Å². The van der Waals surface area contributed by atoms with Gasteiger partial charge in [0.15, 0.2) is 0 Å². The molecule has 2 heteroatoms. The minimum absolute atomic E-state index is 0.285. The summed E-state index contributed by atoms with van der Waals surface area (Å²) in [5.74, 6) is 1.78. The van der Waals surface area contributed by atoms with Crippen LogP contribution in [-0.4, -0.2) is 17.1 Å². The SMILES string of the molecule is CSCCC(O)c1cccc(C2CCC2)c1. The lowest BCUT2D eigenvalue weighted by molar-refractivity contribution is 0.175. The van der Waals surface area contributed by atoms with Gasteiger partial charge in [-0.2, -0.15) is 11.8 Å². The van der Waals surface area contributed by atoms with Crippen molar-refractivity contribution in [2.75, 3.05) is 12.0 Å². The van der Waals surface area contributed by atoms with Gasteiger partial charge in [-0.25, -0.2) is 0 Å². The minimum Gasteiger partial charge on any atom is -0.388 e. The molecule has 0 bridgehead atoms. The van der Waals surface area contributed by atoms with Gasteiger partial charge in [0.25, 0.3) is 0 Å². The van der Waals surface area contributed by atoms with Crippen LogP contribution >= 0.6 is 11.8 Å². The van der Waals surface area contributed by atoms with E-state index in [0.29, 0.717) is 0 Å². The average molecular weight is 236 g/mol. The zero-order valence-corrected chi connectivity index (χ0v) is 10.7. The van der Waals surface area contributed by atoms with Gasteiger partial charge >= 0.3 is 0 Å². The number of aliphatic hydroxyl groups is 1. The molecular weight excluding hydrogens is 216 g/mol. The monoisotopic (exact) mass is 236 g/mol. The predicted molar refractivity (Wildman–Crippen MR) is 71.0 cm³/mol. The lowest BCUT2D eigenvalue weighted by Gasteiger charge is -2.26. The fourth-order valence-electron chi connectivity index (χ4n) is 2.16. The van der Waals surface area contributed by atoms with E-state index in [4.69, 9.17) is 0 Å². The van der Waals surface area contributed by atoms with Crippen molar-refractivity contribution < 1.29 is 5.11 Å². The van der Waals surface area contributed by atoms with E-state index in [1.165, 1.54) is 24.8 Å². The minimum atomic E-state index is -0.285. The summed E-state index contributed by atoms with van der Waals surface area (Å²) >= 11 is 1.79. The highest BCUT2D eigenvalue weighted by molar-refractivity contribution is 7.98. The Kier molecular flexibility index (Phi) is 4.30. The lowest BCUT2D eigenvalue weighted by atomic mass is 9.79. The molecule has 0 aromatic heterocycles. The highest BCUT2D eigenvalue weighted by Gasteiger charge is 2.20. The van der Waals surface area contributed by atoms with Crippen LogP contribution in [-0.2, 0) is 0 Å². The summed E-state index contributed by atoms with van der Waals surface area (Å²) in [5.41, 5.74) is 2.52. The van der Waals surface area contributed by atoms with Crippen molar-refractivity contribution in [2.45, 2.75) is 37.7 Å². The third-order valence-corrected chi connectivity index (χ3v) is 4.11. The molecule has 16 heavy (non-hydrogen) atoms. The second kappa shape index (κ2) is 5.74. The quantitative estimate of drug-likeness (QED) is 0.840. The fraction of sp³-hybridized carbons (Fsp3) is 0.571. The molecule has 0 saturated heterocycles. The molecule has 0 spiro atoms. The highest BCUT2D eigenvalue weighted by Crippen LogP contribution is 2.37. The molecule has 0 amide bonds. The first-order valence-electron chi connectivity index (χ1n) is 6.08. The van der Waals surface area contributed by atoms with Crippen LogP contribution in [0.4, 0.5) is 0 Å². The Morgan fingerprint density at radius 2 is 2.25 bits per heavy atom. The summed E-state index contributed by atoms with van der Waals surface area (Å²) in [5, 5.41) is 10.0. The van der Waals surface area contributed by atoms with E-state index in [1.807, 2.05) is 6.07 Å². The van der Waals surface area contributed by atoms with Crippen LogP contribution in [0.15, 0.2) is 24.3 Å². The van der Waals surface area contributed by atoms with Gasteiger partial charge in [0.2, 0.25) is 0 Å². The Bertz CT molecular complexity index is 333. The molecule has 1 fully saturated rings. The van der Waals surface area contributed by atoms with E-state index < -0.39 is 0 Å². The van der Waals surface area contributed by atoms with Crippen molar-refractivity contribution in [2.24, 2.45) is 0 Å². The molecule has 1 atom stereocenters. The van der Waals surface area contributed by atoms with Crippen LogP contribution in [0.25, 0.3) is 0 Å². The van der Waals surface area contributed by atoms with Gasteiger partial charge in [-0.1, -0.05) is 30.7 Å². The predicted octanol–water partition coefficient (Wildman–Crippen LogP) is 3.74. The number of hydrogen-bond donors (Lipinski definition) is 1. The average Bonchev–Trinajstić information content (AvgIpc) is 2.24. The van der Waals surface area contributed by atoms with Crippen LogP contribution in [0.5, 0.6) is 0 Å². The van der Waals surface area contributed by atoms with Crippen LogP contribution in [0, 0.1) is 0 Å². The van der Waals surface area contributed by atoms with Crippen molar-refractivity contribution in [1.82, 2.24) is 0 Å². The molecular formula is C14H20OS. The standard InChI is InChI=1S/C14H20OS/c1-16-9-8-14(15)13-7-3-6-12(10-13)11-4-2-5-11/h3,6-7,10-11,14-15H,2,4-5,8-9H2,1H3. The van der Waals surface area contributed by atoms with Gasteiger partial charge in [0.05, 0.1) is 6.10 Å². The van der Waals surface area contributed by atoms with Crippen molar-refractivity contribution in [3.8, 4) is 0 Å². The van der Waals surface area contributed by atoms with E-state index in [0.717, 1.165) is 23.7 Å². The molecule has 1 aliphatic carbocycles. The van der Waals surface area contributed by atoms with Crippen molar-refractivity contribution in [3.05, 3.63) is 35.4 Å². The molecule has 1 aromatic rings. The van der Waals surface area contributed by atoms with Gasteiger partial charge < -0.3 is 5.11 Å². The Hall–Kier alpha value is -0.470. The van der Waals surface area contributed by atoms with Gasteiger partial charge in [-0.3, -0.25) is 0 Å². The summed E-state index contributed by atoms with van der Waals surface area (Å²) in [4.78, 5) is 0. The van der Waals surface area contributed by atoms with Gasteiger partial charge in [-0.05, 0) is 48.3 Å². The Morgan fingerprint density at radius 3 is 2.88 bits per heavy atom. The Balaban J connectivity index is 2.02. The maximum Gasteiger partial charge on any atom is 0.0798 e.